The van der Waals surface area contributed by atoms with Gasteiger partial charge in [0, 0.05) is 32.4 Å². The molecule has 0 aliphatic rings. The van der Waals surface area contributed by atoms with Gasteiger partial charge < -0.3 is 10.1 Å². The number of hydrogen-bond acceptors (Lipinski definition) is 5. The van der Waals surface area contributed by atoms with Gasteiger partial charge in [0.05, 0.1) is 17.9 Å². The summed E-state index contributed by atoms with van der Waals surface area (Å²) in [7, 11) is 0.732. The first-order valence-corrected chi connectivity index (χ1v) is 9.91. The normalized spacial score (nSPS) is 11.2. The summed E-state index contributed by atoms with van der Waals surface area (Å²) in [6.07, 6.45) is 0. The minimum Gasteiger partial charge on any atom is -0.462 e. The van der Waals surface area contributed by atoms with Crippen LogP contribution in [0.4, 0.5) is 11.4 Å². The maximum absolute atomic E-state index is 12.4. The van der Waals surface area contributed by atoms with E-state index in [1.807, 2.05) is 0 Å². The second-order valence-electron chi connectivity index (χ2n) is 6.06. The first-order chi connectivity index (χ1) is 13.2. The van der Waals surface area contributed by atoms with Gasteiger partial charge in [-0.1, -0.05) is 0 Å². The summed E-state index contributed by atoms with van der Waals surface area (Å²) in [4.78, 5) is 24.0. The van der Waals surface area contributed by atoms with Crippen LogP contribution in [0.5, 0.6) is 0 Å². The van der Waals surface area contributed by atoms with E-state index in [-0.39, 0.29) is 5.91 Å². The van der Waals surface area contributed by atoms with Crippen LogP contribution in [0.25, 0.3) is 0 Å². The molecular weight excluding hydrogens is 382 g/mol. The van der Waals surface area contributed by atoms with Crippen LogP contribution in [0.15, 0.2) is 48.5 Å². The first-order valence-electron chi connectivity index (χ1n) is 8.51. The predicted octanol–water partition coefficient (Wildman–Crippen LogP) is 2.36. The smallest absolute Gasteiger partial charge is 0.338 e. The van der Waals surface area contributed by atoms with Gasteiger partial charge in [0.2, 0.25) is 0 Å². The number of rotatable bonds is 7. The van der Waals surface area contributed by atoms with E-state index in [1.54, 1.807) is 55.5 Å². The van der Waals surface area contributed by atoms with E-state index in [1.165, 1.54) is 21.1 Å². The number of amides is 1. The highest BCUT2D eigenvalue weighted by Crippen LogP contribution is 2.19. The molecule has 1 N–H and O–H groups in total. The molecule has 0 radical (unpaired) electrons. The van der Waals surface area contributed by atoms with Crippen molar-refractivity contribution in [3.8, 4) is 0 Å². The Labute approximate surface area is 164 Å². The van der Waals surface area contributed by atoms with Gasteiger partial charge in [-0.2, -0.15) is 12.7 Å². The highest BCUT2D eigenvalue weighted by atomic mass is 32.2. The summed E-state index contributed by atoms with van der Waals surface area (Å²) < 4.78 is 31.4. The largest absolute Gasteiger partial charge is 0.462 e. The molecule has 0 aliphatic carbocycles. The average Bonchev–Trinajstić information content (AvgIpc) is 2.68. The lowest BCUT2D eigenvalue weighted by Gasteiger charge is -2.23. The van der Waals surface area contributed by atoms with Crippen LogP contribution < -0.4 is 9.62 Å². The Morgan fingerprint density at radius 1 is 0.929 bits per heavy atom. The van der Waals surface area contributed by atoms with Crippen LogP contribution in [-0.2, 0) is 14.9 Å². The quantitative estimate of drug-likeness (QED) is 0.714. The second-order valence-corrected chi connectivity index (χ2v) is 8.23. The highest BCUT2D eigenvalue weighted by molar-refractivity contribution is 7.90. The molecule has 2 rings (SSSR count). The van der Waals surface area contributed by atoms with E-state index >= 15 is 0 Å². The lowest BCUT2D eigenvalue weighted by molar-refractivity contribution is 0.0526. The lowest BCUT2D eigenvalue weighted by Crippen LogP contribution is -2.37. The molecule has 0 aliphatic heterocycles. The summed E-state index contributed by atoms with van der Waals surface area (Å²) in [5.74, 6) is -0.777. The van der Waals surface area contributed by atoms with Crippen molar-refractivity contribution < 1.29 is 22.7 Å². The number of anilines is 2. The summed E-state index contributed by atoms with van der Waals surface area (Å²) in [5.41, 5.74) is 1.72. The summed E-state index contributed by atoms with van der Waals surface area (Å²) in [6, 6.07) is 12.5. The van der Waals surface area contributed by atoms with E-state index in [9.17, 15) is 18.0 Å². The SMILES string of the molecule is CCOC(=O)c1ccc(NC(=O)c2ccc(N(C)S(=O)(=O)N(C)C)cc2)cc1. The van der Waals surface area contributed by atoms with Crippen LogP contribution in [0.1, 0.15) is 27.6 Å². The first kappa shape index (κ1) is 21.4. The predicted molar refractivity (Wildman–Crippen MR) is 108 cm³/mol. The average molecular weight is 405 g/mol. The second kappa shape index (κ2) is 8.85. The standard InChI is InChI=1S/C19H23N3O5S/c1-5-27-19(24)15-6-10-16(11-7-15)20-18(23)14-8-12-17(13-9-14)22(4)28(25,26)21(2)3/h6-13H,5H2,1-4H3,(H,20,23). The van der Waals surface area contributed by atoms with Crippen LogP contribution in [0, 0.1) is 0 Å². The van der Waals surface area contributed by atoms with E-state index in [4.69, 9.17) is 4.74 Å². The van der Waals surface area contributed by atoms with Gasteiger partial charge in [0.1, 0.15) is 0 Å². The number of carbonyl (C=O) groups is 2. The Morgan fingerprint density at radius 3 is 1.96 bits per heavy atom. The van der Waals surface area contributed by atoms with Crippen molar-refractivity contribution in [1.29, 1.82) is 0 Å². The monoisotopic (exact) mass is 405 g/mol. The number of nitrogens with zero attached hydrogens (tertiary/aromatic N) is 2. The van der Waals surface area contributed by atoms with E-state index in [0.29, 0.717) is 29.1 Å². The Morgan fingerprint density at radius 2 is 1.46 bits per heavy atom. The third-order valence-corrected chi connectivity index (χ3v) is 5.78. The molecule has 0 fully saturated rings. The van der Waals surface area contributed by atoms with E-state index in [2.05, 4.69) is 5.32 Å². The molecule has 0 saturated heterocycles. The van der Waals surface area contributed by atoms with Crippen molar-refractivity contribution >= 4 is 33.5 Å². The number of esters is 1. The Hall–Kier alpha value is -2.91. The molecule has 8 nitrogen and oxygen atoms in total. The molecule has 2 aromatic rings. The molecule has 2 aromatic carbocycles. The van der Waals surface area contributed by atoms with Gasteiger partial charge in [-0.15, -0.1) is 0 Å². The third-order valence-electron chi connectivity index (χ3n) is 3.95. The maximum Gasteiger partial charge on any atom is 0.338 e. The molecule has 0 atom stereocenters. The van der Waals surface area contributed by atoms with Gasteiger partial charge in [-0.05, 0) is 55.5 Å². The molecule has 0 heterocycles. The Balaban J connectivity index is 2.08. The number of nitrogens with one attached hydrogen (secondary N) is 1. The van der Waals surface area contributed by atoms with Crippen LogP contribution in [0.3, 0.4) is 0 Å². The zero-order valence-electron chi connectivity index (χ0n) is 16.2. The minimum atomic E-state index is -3.60. The van der Waals surface area contributed by atoms with Gasteiger partial charge >= 0.3 is 16.2 Å². The summed E-state index contributed by atoms with van der Waals surface area (Å²) in [5, 5.41) is 2.72. The summed E-state index contributed by atoms with van der Waals surface area (Å²) >= 11 is 0. The topological polar surface area (TPSA) is 96.0 Å². The Kier molecular flexibility index (Phi) is 6.76. The van der Waals surface area contributed by atoms with Gasteiger partial charge in [0.25, 0.3) is 5.91 Å². The molecule has 0 spiro atoms. The lowest BCUT2D eigenvalue weighted by atomic mass is 10.1. The molecule has 0 unspecified atom stereocenters. The van der Waals surface area contributed by atoms with Gasteiger partial charge in [0.15, 0.2) is 0 Å². The van der Waals surface area contributed by atoms with Crippen molar-refractivity contribution in [2.24, 2.45) is 0 Å². The van der Waals surface area contributed by atoms with Gasteiger partial charge in [-0.25, -0.2) is 4.79 Å². The molecule has 150 valence electrons. The highest BCUT2D eigenvalue weighted by Gasteiger charge is 2.21. The van der Waals surface area contributed by atoms with Crippen LogP contribution in [-0.4, -0.2) is 52.3 Å². The Bertz CT molecular complexity index is 939. The van der Waals surface area contributed by atoms with Crippen molar-refractivity contribution in [3.63, 3.8) is 0 Å². The van der Waals surface area contributed by atoms with Crippen molar-refractivity contribution in [1.82, 2.24) is 4.31 Å². The zero-order chi connectivity index (χ0) is 20.9. The fourth-order valence-corrected chi connectivity index (χ4v) is 3.19. The molecule has 0 bridgehead atoms. The maximum atomic E-state index is 12.4. The number of hydrogen-bond donors (Lipinski definition) is 1. The molecule has 0 saturated carbocycles. The summed E-state index contributed by atoms with van der Waals surface area (Å²) in [6.45, 7) is 2.02. The van der Waals surface area contributed by atoms with Crippen molar-refractivity contribution in [2.75, 3.05) is 37.4 Å². The fourth-order valence-electron chi connectivity index (χ4n) is 2.31. The molecule has 0 aromatic heterocycles. The molecule has 9 heteroatoms. The molecule has 1 amide bonds. The van der Waals surface area contributed by atoms with E-state index in [0.717, 1.165) is 8.61 Å². The van der Waals surface area contributed by atoms with Crippen molar-refractivity contribution in [2.45, 2.75) is 6.92 Å². The number of ether oxygens (including phenoxy) is 1. The third kappa shape index (κ3) is 4.87. The molecular formula is C19H23N3O5S. The van der Waals surface area contributed by atoms with Crippen LogP contribution in [0.2, 0.25) is 0 Å². The van der Waals surface area contributed by atoms with Crippen LogP contribution >= 0.6 is 0 Å². The number of benzene rings is 2. The van der Waals surface area contributed by atoms with E-state index < -0.39 is 16.2 Å². The van der Waals surface area contributed by atoms with Gasteiger partial charge in [-0.3, -0.25) is 9.10 Å². The molecule has 28 heavy (non-hydrogen) atoms. The fraction of sp³-hybridized carbons (Fsp3) is 0.263. The van der Waals surface area contributed by atoms with Crippen molar-refractivity contribution in [3.05, 3.63) is 59.7 Å². The minimum absolute atomic E-state index is 0.290. The zero-order valence-corrected chi connectivity index (χ0v) is 17.0. The number of carbonyl (C=O) groups excluding carboxylic acids is 2.